The fourth-order valence-electron chi connectivity index (χ4n) is 3.01. The number of methoxy groups -OCH3 is 2. The molecule has 0 fully saturated rings. The molecule has 27 heavy (non-hydrogen) atoms. The van der Waals surface area contributed by atoms with Gasteiger partial charge in [-0.3, -0.25) is 4.79 Å². The first-order chi connectivity index (χ1) is 12.4. The zero-order valence-corrected chi connectivity index (χ0v) is 17.3. The van der Waals surface area contributed by atoms with Crippen LogP contribution in [-0.2, 0) is 4.79 Å². The number of rotatable bonds is 7. The topological polar surface area (TPSA) is 73.6 Å². The summed E-state index contributed by atoms with van der Waals surface area (Å²) in [4.78, 5) is 12.7. The summed E-state index contributed by atoms with van der Waals surface area (Å²) in [7, 11) is 3.20. The number of hydrogen-bond donors (Lipinski definition) is 2. The average Bonchev–Trinajstić information content (AvgIpc) is 2.66. The van der Waals surface area contributed by atoms with Crippen molar-refractivity contribution in [3.63, 3.8) is 0 Å². The molecule has 2 aromatic rings. The number of carbonyl (C=O) groups excluding carboxylic acids is 1. The Morgan fingerprint density at radius 3 is 2.15 bits per heavy atom. The van der Waals surface area contributed by atoms with Gasteiger partial charge in [0.05, 0.1) is 26.2 Å². The summed E-state index contributed by atoms with van der Waals surface area (Å²) >= 11 is 0. The monoisotopic (exact) mass is 392 g/mol. The van der Waals surface area contributed by atoms with Crippen LogP contribution in [0.2, 0.25) is 0 Å². The Labute approximate surface area is 167 Å². The van der Waals surface area contributed by atoms with Crippen molar-refractivity contribution in [2.45, 2.75) is 32.9 Å². The van der Waals surface area contributed by atoms with Gasteiger partial charge in [0.15, 0.2) is 11.5 Å². The number of ether oxygens (including phenoxy) is 2. The average molecular weight is 393 g/mol. The zero-order valence-electron chi connectivity index (χ0n) is 16.5. The predicted molar refractivity (Wildman–Crippen MR) is 111 cm³/mol. The molecule has 0 aliphatic rings. The van der Waals surface area contributed by atoms with Gasteiger partial charge in [0.1, 0.15) is 0 Å². The minimum atomic E-state index is -0.352. The van der Waals surface area contributed by atoms with E-state index in [-0.39, 0.29) is 36.3 Å². The lowest BCUT2D eigenvalue weighted by Gasteiger charge is -2.24. The lowest BCUT2D eigenvalue weighted by molar-refractivity contribution is -0.125. The van der Waals surface area contributed by atoms with Crippen LogP contribution in [0.15, 0.2) is 42.5 Å². The van der Waals surface area contributed by atoms with Gasteiger partial charge in [-0.15, -0.1) is 12.4 Å². The Hall–Kier alpha value is -2.24. The molecule has 0 heterocycles. The number of aryl methyl sites for hydroxylation is 1. The first kappa shape index (κ1) is 22.8. The largest absolute Gasteiger partial charge is 0.493 e. The smallest absolute Gasteiger partial charge is 0.225 e. The van der Waals surface area contributed by atoms with Crippen molar-refractivity contribution in [3.8, 4) is 11.5 Å². The van der Waals surface area contributed by atoms with Crippen molar-refractivity contribution in [2.24, 2.45) is 11.7 Å². The van der Waals surface area contributed by atoms with Gasteiger partial charge in [-0.1, -0.05) is 37.3 Å². The van der Waals surface area contributed by atoms with E-state index in [4.69, 9.17) is 15.2 Å². The Bertz CT molecular complexity index is 753. The van der Waals surface area contributed by atoms with E-state index in [0.717, 1.165) is 16.7 Å². The molecule has 0 bridgehead atoms. The quantitative estimate of drug-likeness (QED) is 0.748. The molecule has 0 spiro atoms. The highest BCUT2D eigenvalue weighted by Crippen LogP contribution is 2.33. The van der Waals surface area contributed by atoms with Crippen LogP contribution in [0.25, 0.3) is 0 Å². The molecule has 6 heteroatoms. The number of nitrogens with one attached hydrogen (secondary N) is 1. The molecule has 0 aliphatic heterocycles. The van der Waals surface area contributed by atoms with Gasteiger partial charge >= 0.3 is 0 Å². The van der Waals surface area contributed by atoms with Gasteiger partial charge in [-0.25, -0.2) is 0 Å². The summed E-state index contributed by atoms with van der Waals surface area (Å²) in [5, 5.41) is 3.06. The summed E-state index contributed by atoms with van der Waals surface area (Å²) in [5.74, 6) is 0.887. The molecule has 148 valence electrons. The first-order valence-corrected chi connectivity index (χ1v) is 8.72. The summed E-state index contributed by atoms with van der Waals surface area (Å²) in [5.41, 5.74) is 9.23. The Morgan fingerprint density at radius 2 is 1.59 bits per heavy atom. The third-order valence-corrected chi connectivity index (χ3v) is 4.73. The number of halogens is 1. The van der Waals surface area contributed by atoms with Crippen molar-refractivity contribution in [2.75, 3.05) is 14.2 Å². The van der Waals surface area contributed by atoms with Gasteiger partial charge < -0.3 is 20.5 Å². The van der Waals surface area contributed by atoms with Crippen molar-refractivity contribution in [1.29, 1.82) is 0 Å². The molecule has 5 nitrogen and oxygen atoms in total. The van der Waals surface area contributed by atoms with Crippen molar-refractivity contribution < 1.29 is 14.3 Å². The van der Waals surface area contributed by atoms with Crippen molar-refractivity contribution in [1.82, 2.24) is 5.32 Å². The van der Waals surface area contributed by atoms with Crippen molar-refractivity contribution in [3.05, 3.63) is 59.2 Å². The van der Waals surface area contributed by atoms with E-state index in [1.54, 1.807) is 14.2 Å². The molecule has 0 aromatic heterocycles. The van der Waals surface area contributed by atoms with E-state index in [1.807, 2.05) is 63.2 Å². The van der Waals surface area contributed by atoms with E-state index in [0.29, 0.717) is 11.5 Å². The molecule has 3 unspecified atom stereocenters. The molecule has 0 aliphatic carbocycles. The van der Waals surface area contributed by atoms with Gasteiger partial charge in [-0.2, -0.15) is 0 Å². The summed E-state index contributed by atoms with van der Waals surface area (Å²) in [6.07, 6.45) is 0. The second-order valence-electron chi connectivity index (χ2n) is 6.52. The molecule has 0 radical (unpaired) electrons. The maximum Gasteiger partial charge on any atom is 0.225 e. The van der Waals surface area contributed by atoms with E-state index in [9.17, 15) is 4.79 Å². The second-order valence-corrected chi connectivity index (χ2v) is 6.52. The van der Waals surface area contributed by atoms with E-state index in [2.05, 4.69) is 5.32 Å². The highest BCUT2D eigenvalue weighted by molar-refractivity contribution is 5.85. The normalized spacial score (nSPS) is 13.7. The number of nitrogens with two attached hydrogens (primary N) is 1. The fraction of sp³-hybridized carbons (Fsp3) is 0.381. The third kappa shape index (κ3) is 5.37. The SMILES string of the molecule is COc1cc(C)c(C(C)NC(=O)C(C)C(N)c2ccccc2)cc1OC.Cl. The number of hydrogen-bond acceptors (Lipinski definition) is 4. The highest BCUT2D eigenvalue weighted by Gasteiger charge is 2.24. The molecule has 3 N–H and O–H groups in total. The summed E-state index contributed by atoms with van der Waals surface area (Å²) in [6.45, 7) is 5.78. The lowest BCUT2D eigenvalue weighted by Crippen LogP contribution is -2.37. The number of benzene rings is 2. The zero-order chi connectivity index (χ0) is 19.3. The first-order valence-electron chi connectivity index (χ1n) is 8.72. The highest BCUT2D eigenvalue weighted by atomic mass is 35.5. The minimum Gasteiger partial charge on any atom is -0.493 e. The Balaban J connectivity index is 0.00000364. The van der Waals surface area contributed by atoms with Crippen LogP contribution in [0.5, 0.6) is 11.5 Å². The van der Waals surface area contributed by atoms with Crippen LogP contribution in [0.1, 0.15) is 42.6 Å². The molecule has 0 saturated heterocycles. The second kappa shape index (κ2) is 10.2. The Kier molecular flexibility index (Phi) is 8.60. The standard InChI is InChI=1S/C21H28N2O3.ClH/c1-13-11-18(25-4)19(26-5)12-17(13)15(3)23-21(24)14(2)20(22)16-9-7-6-8-10-16;/h6-12,14-15,20H,22H2,1-5H3,(H,23,24);1H. The molecule has 3 atom stereocenters. The molecule has 2 rings (SSSR count). The lowest BCUT2D eigenvalue weighted by atomic mass is 9.93. The number of carbonyl (C=O) groups is 1. The molecule has 0 saturated carbocycles. The predicted octanol–water partition coefficient (Wildman–Crippen LogP) is 3.95. The van der Waals surface area contributed by atoms with Crippen LogP contribution in [0.3, 0.4) is 0 Å². The van der Waals surface area contributed by atoms with Crippen LogP contribution < -0.4 is 20.5 Å². The molecular formula is C21H29ClN2O3. The molecule has 1 amide bonds. The van der Waals surface area contributed by atoms with Crippen LogP contribution >= 0.6 is 12.4 Å². The van der Waals surface area contributed by atoms with Gasteiger partial charge in [0, 0.05) is 6.04 Å². The van der Waals surface area contributed by atoms with E-state index >= 15 is 0 Å². The summed E-state index contributed by atoms with van der Waals surface area (Å²) in [6, 6.07) is 13.0. The maximum atomic E-state index is 12.7. The Morgan fingerprint density at radius 1 is 1.04 bits per heavy atom. The van der Waals surface area contributed by atoms with Crippen molar-refractivity contribution >= 4 is 18.3 Å². The maximum absolute atomic E-state index is 12.7. The van der Waals surface area contributed by atoms with E-state index in [1.165, 1.54) is 0 Å². The third-order valence-electron chi connectivity index (χ3n) is 4.73. The van der Waals surface area contributed by atoms with Crippen LogP contribution in [0, 0.1) is 12.8 Å². The van der Waals surface area contributed by atoms with E-state index < -0.39 is 0 Å². The summed E-state index contributed by atoms with van der Waals surface area (Å²) < 4.78 is 10.7. The number of amides is 1. The minimum absolute atomic E-state index is 0. The van der Waals surface area contributed by atoms with Crippen LogP contribution in [0.4, 0.5) is 0 Å². The molecular weight excluding hydrogens is 364 g/mol. The van der Waals surface area contributed by atoms with Gasteiger partial charge in [0.2, 0.25) is 5.91 Å². The fourth-order valence-corrected chi connectivity index (χ4v) is 3.01. The van der Waals surface area contributed by atoms with Gasteiger partial charge in [-0.05, 0) is 42.7 Å². The van der Waals surface area contributed by atoms with Gasteiger partial charge in [0.25, 0.3) is 0 Å². The molecule has 2 aromatic carbocycles. The van der Waals surface area contributed by atoms with Crippen LogP contribution in [-0.4, -0.2) is 20.1 Å².